The Balaban J connectivity index is 2.84. The van der Waals surface area contributed by atoms with Crippen molar-refractivity contribution >= 4 is 23.9 Å². The Morgan fingerprint density at radius 1 is 1.18 bits per heavy atom. The van der Waals surface area contributed by atoms with Gasteiger partial charge in [-0.15, -0.1) is 0 Å². The number of carbonyl (C=O) groups excluding carboxylic acids is 4. The molecule has 5 N–H and O–H groups in total. The van der Waals surface area contributed by atoms with Crippen molar-refractivity contribution in [2.75, 3.05) is 20.3 Å². The Morgan fingerprint density at radius 2 is 1.86 bits per heavy atom. The van der Waals surface area contributed by atoms with Gasteiger partial charge in [0.25, 0.3) is 5.91 Å². The largest absolute Gasteiger partial charge is 0.467 e. The topological polar surface area (TPSA) is 158 Å². The van der Waals surface area contributed by atoms with E-state index in [4.69, 9.17) is 15.2 Å². The molecule has 1 aliphatic heterocycles. The second kappa shape index (κ2) is 10.8. The fourth-order valence-corrected chi connectivity index (χ4v) is 2.36. The minimum absolute atomic E-state index is 0.125. The first kappa shape index (κ1) is 23.6. The first-order valence-corrected chi connectivity index (χ1v) is 9.05. The summed E-state index contributed by atoms with van der Waals surface area (Å²) in [6, 6.07) is -1.98. The number of esters is 1. The summed E-state index contributed by atoms with van der Waals surface area (Å²) in [4.78, 5) is 48.4. The lowest BCUT2D eigenvalue weighted by molar-refractivity contribution is -0.145. The molecule has 11 heteroatoms. The fraction of sp³-hybridized carbons (Fsp3) is 0.765. The predicted octanol–water partition coefficient (Wildman–Crippen LogP) is -0.861. The number of rotatable bonds is 2. The van der Waals surface area contributed by atoms with Crippen molar-refractivity contribution in [2.24, 2.45) is 5.73 Å². The summed E-state index contributed by atoms with van der Waals surface area (Å²) in [5.41, 5.74) is 4.96. The predicted molar refractivity (Wildman–Crippen MR) is 97.9 cm³/mol. The van der Waals surface area contributed by atoms with Gasteiger partial charge < -0.3 is 35.9 Å². The van der Waals surface area contributed by atoms with Gasteiger partial charge in [-0.1, -0.05) is 0 Å². The molecule has 1 aliphatic rings. The molecule has 0 spiro atoms. The molecule has 1 rings (SSSR count). The van der Waals surface area contributed by atoms with Gasteiger partial charge in [-0.2, -0.15) is 0 Å². The van der Waals surface area contributed by atoms with Gasteiger partial charge in [0.15, 0.2) is 6.17 Å². The Bertz CT molecular complexity index is 576. The van der Waals surface area contributed by atoms with Gasteiger partial charge in [-0.3, -0.25) is 9.59 Å². The molecule has 1 heterocycles. The average molecular weight is 402 g/mol. The van der Waals surface area contributed by atoms with Crippen molar-refractivity contribution in [1.29, 1.82) is 0 Å². The summed E-state index contributed by atoms with van der Waals surface area (Å²) in [6.07, 6.45) is -0.744. The lowest BCUT2D eigenvalue weighted by atomic mass is 10.1. The van der Waals surface area contributed by atoms with E-state index in [1.54, 1.807) is 20.8 Å². The number of amides is 3. The Labute approximate surface area is 164 Å². The quantitative estimate of drug-likeness (QED) is 0.434. The molecule has 1 saturated heterocycles. The first-order chi connectivity index (χ1) is 13.0. The highest BCUT2D eigenvalue weighted by atomic mass is 16.6. The number of hydrogen-bond acceptors (Lipinski definition) is 8. The van der Waals surface area contributed by atoms with E-state index in [1.165, 1.54) is 7.11 Å². The lowest BCUT2D eigenvalue weighted by Gasteiger charge is -2.24. The number of methoxy groups -OCH3 is 1. The number of nitrogens with two attached hydrogens (primary N) is 1. The second-order valence-electron chi connectivity index (χ2n) is 7.34. The molecule has 11 nitrogen and oxygen atoms in total. The van der Waals surface area contributed by atoms with Gasteiger partial charge in [0.05, 0.1) is 13.7 Å². The number of nitrogens with one attached hydrogen (secondary N) is 3. The zero-order chi connectivity index (χ0) is 21.3. The van der Waals surface area contributed by atoms with Gasteiger partial charge in [-0.05, 0) is 40.0 Å². The molecule has 0 aromatic heterocycles. The third-order valence-electron chi connectivity index (χ3n) is 3.71. The van der Waals surface area contributed by atoms with Crippen molar-refractivity contribution in [3.05, 3.63) is 0 Å². The van der Waals surface area contributed by atoms with E-state index in [9.17, 15) is 19.2 Å². The highest BCUT2D eigenvalue weighted by Crippen LogP contribution is 2.08. The molecule has 0 radical (unpaired) electrons. The average Bonchev–Trinajstić information content (AvgIpc) is 2.59. The number of ether oxygens (including phenoxy) is 3. The maximum absolute atomic E-state index is 12.4. The lowest BCUT2D eigenvalue weighted by Crippen LogP contribution is -2.60. The van der Waals surface area contributed by atoms with E-state index in [0.29, 0.717) is 25.9 Å². The Hall–Kier alpha value is -2.40. The van der Waals surface area contributed by atoms with Crippen molar-refractivity contribution in [3.8, 4) is 0 Å². The zero-order valence-corrected chi connectivity index (χ0v) is 16.7. The van der Waals surface area contributed by atoms with Gasteiger partial charge in [0.2, 0.25) is 5.91 Å². The maximum Gasteiger partial charge on any atom is 0.408 e. The molecule has 0 bridgehead atoms. The normalized spacial score (nSPS) is 25.1. The zero-order valence-electron chi connectivity index (χ0n) is 16.7. The highest BCUT2D eigenvalue weighted by molar-refractivity contribution is 5.92. The summed E-state index contributed by atoms with van der Waals surface area (Å²) < 4.78 is 15.3. The van der Waals surface area contributed by atoms with E-state index < -0.39 is 47.7 Å². The van der Waals surface area contributed by atoms with E-state index in [-0.39, 0.29) is 6.61 Å². The molecular weight excluding hydrogens is 372 g/mol. The monoisotopic (exact) mass is 402 g/mol. The van der Waals surface area contributed by atoms with Crippen molar-refractivity contribution < 1.29 is 33.4 Å². The molecule has 3 unspecified atom stereocenters. The standard InChI is InChI=1S/C17H30N4O7/c1-17(2,3)28-16(25)20-11-9-27-8-6-5-7-10(15(24)26-4)19-14(23)12(18)21-13(11)22/h10-12H,5-9,18H2,1-4H3,(H,19,23)(H,20,25)(H,21,22). The van der Waals surface area contributed by atoms with Crippen LogP contribution in [0, 0.1) is 0 Å². The summed E-state index contributed by atoms with van der Waals surface area (Å²) in [5, 5.41) is 7.15. The maximum atomic E-state index is 12.4. The van der Waals surface area contributed by atoms with E-state index in [2.05, 4.69) is 20.7 Å². The molecule has 28 heavy (non-hydrogen) atoms. The van der Waals surface area contributed by atoms with Crippen LogP contribution in [0.5, 0.6) is 0 Å². The minimum Gasteiger partial charge on any atom is -0.467 e. The van der Waals surface area contributed by atoms with Crippen molar-refractivity contribution in [1.82, 2.24) is 16.0 Å². The van der Waals surface area contributed by atoms with Crippen LogP contribution in [0.15, 0.2) is 0 Å². The van der Waals surface area contributed by atoms with E-state index in [1.807, 2.05) is 0 Å². The fourth-order valence-electron chi connectivity index (χ4n) is 2.36. The van der Waals surface area contributed by atoms with Crippen LogP contribution in [-0.2, 0) is 28.6 Å². The number of alkyl carbamates (subject to hydrolysis) is 1. The summed E-state index contributed by atoms with van der Waals surface area (Å²) in [6.45, 7) is 5.23. The molecule has 0 aliphatic carbocycles. The van der Waals surface area contributed by atoms with Crippen molar-refractivity contribution in [3.63, 3.8) is 0 Å². The van der Waals surface area contributed by atoms with Gasteiger partial charge >= 0.3 is 12.1 Å². The molecule has 160 valence electrons. The SMILES string of the molecule is COC(=O)C1CCCCOCC(NC(=O)OC(C)(C)C)C(=O)NC(N)C(=O)N1. The third kappa shape index (κ3) is 8.53. The molecule has 0 aromatic rings. The highest BCUT2D eigenvalue weighted by Gasteiger charge is 2.29. The van der Waals surface area contributed by atoms with Gasteiger partial charge in [0.1, 0.15) is 17.7 Å². The summed E-state index contributed by atoms with van der Waals surface area (Å²) in [5.74, 6) is -2.07. The Kier molecular flexibility index (Phi) is 9.13. The van der Waals surface area contributed by atoms with Crippen molar-refractivity contribution in [2.45, 2.75) is 63.9 Å². The number of hydrogen-bond donors (Lipinski definition) is 4. The van der Waals surface area contributed by atoms with Crippen LogP contribution >= 0.6 is 0 Å². The Morgan fingerprint density at radius 3 is 2.46 bits per heavy atom. The molecular formula is C17H30N4O7. The van der Waals surface area contributed by atoms with Crippen LogP contribution < -0.4 is 21.7 Å². The summed E-state index contributed by atoms with van der Waals surface area (Å²) in [7, 11) is 1.22. The third-order valence-corrected chi connectivity index (χ3v) is 3.71. The van der Waals surface area contributed by atoms with Crippen LogP contribution in [0.25, 0.3) is 0 Å². The minimum atomic E-state index is -1.43. The van der Waals surface area contributed by atoms with E-state index in [0.717, 1.165) is 0 Å². The van der Waals surface area contributed by atoms with Gasteiger partial charge in [-0.25, -0.2) is 9.59 Å². The van der Waals surface area contributed by atoms with Crippen LogP contribution in [0.1, 0.15) is 40.0 Å². The van der Waals surface area contributed by atoms with E-state index >= 15 is 0 Å². The molecule has 0 aromatic carbocycles. The molecule has 0 saturated carbocycles. The smallest absolute Gasteiger partial charge is 0.408 e. The van der Waals surface area contributed by atoms with Crippen LogP contribution in [0.3, 0.4) is 0 Å². The van der Waals surface area contributed by atoms with Crippen LogP contribution in [0.2, 0.25) is 0 Å². The second-order valence-corrected chi connectivity index (χ2v) is 7.34. The number of carbonyl (C=O) groups is 4. The van der Waals surface area contributed by atoms with Gasteiger partial charge in [0, 0.05) is 6.61 Å². The molecule has 1 fully saturated rings. The van der Waals surface area contributed by atoms with Crippen LogP contribution in [-0.4, -0.2) is 68.1 Å². The first-order valence-electron chi connectivity index (χ1n) is 9.05. The van der Waals surface area contributed by atoms with Crippen LogP contribution in [0.4, 0.5) is 4.79 Å². The molecule has 3 atom stereocenters. The summed E-state index contributed by atoms with van der Waals surface area (Å²) >= 11 is 0. The molecule has 3 amide bonds.